The van der Waals surface area contributed by atoms with Crippen molar-refractivity contribution in [3.8, 4) is 0 Å². The van der Waals surface area contributed by atoms with Gasteiger partial charge in [-0.15, -0.1) is 0 Å². The molecule has 0 saturated carbocycles. The van der Waals surface area contributed by atoms with Crippen LogP contribution in [-0.4, -0.2) is 36.5 Å². The van der Waals surface area contributed by atoms with E-state index < -0.39 is 0 Å². The van der Waals surface area contributed by atoms with Crippen LogP contribution in [0.2, 0.25) is 0 Å². The lowest BCUT2D eigenvalue weighted by molar-refractivity contribution is 0.215. The van der Waals surface area contributed by atoms with Crippen molar-refractivity contribution >= 4 is 0 Å². The summed E-state index contributed by atoms with van der Waals surface area (Å²) < 4.78 is 0. The molecule has 3 heteroatoms. The van der Waals surface area contributed by atoms with Gasteiger partial charge in [0.2, 0.25) is 0 Å². The standard InChI is InChI=1S/C11H17NO2/c13-8-6-12(7-9-14)10-11-4-2-1-3-5-11/h1-5,13-14H,6-10H2/q+1. The summed E-state index contributed by atoms with van der Waals surface area (Å²) in [6.07, 6.45) is 0. The normalized spacial score (nSPS) is 10.8. The summed E-state index contributed by atoms with van der Waals surface area (Å²) in [7, 11) is 0. The van der Waals surface area contributed by atoms with Gasteiger partial charge in [0.25, 0.3) is 0 Å². The smallest absolute Gasteiger partial charge is 0.148 e. The molecule has 0 aliphatic heterocycles. The Kier molecular flexibility index (Phi) is 5.22. The molecule has 0 aromatic heterocycles. The molecule has 0 fully saturated rings. The van der Waals surface area contributed by atoms with Crippen molar-refractivity contribution in [3.05, 3.63) is 35.9 Å². The summed E-state index contributed by atoms with van der Waals surface area (Å²) in [5.74, 6) is 0. The van der Waals surface area contributed by atoms with Crippen molar-refractivity contribution in [2.24, 2.45) is 0 Å². The van der Waals surface area contributed by atoms with Gasteiger partial charge in [0.15, 0.2) is 0 Å². The predicted molar refractivity (Wildman–Crippen MR) is 56.2 cm³/mol. The molecule has 0 saturated heterocycles. The fraction of sp³-hybridized carbons (Fsp3) is 0.455. The molecule has 2 N–H and O–H groups in total. The first-order valence-electron chi connectivity index (χ1n) is 4.85. The Labute approximate surface area is 84.6 Å². The van der Waals surface area contributed by atoms with Crippen LogP contribution in [0.3, 0.4) is 0 Å². The van der Waals surface area contributed by atoms with Crippen molar-refractivity contribution in [2.75, 3.05) is 26.3 Å². The van der Waals surface area contributed by atoms with Crippen LogP contribution >= 0.6 is 0 Å². The molecule has 14 heavy (non-hydrogen) atoms. The zero-order chi connectivity index (χ0) is 10.2. The third-order valence-electron chi connectivity index (χ3n) is 2.08. The minimum Gasteiger partial charge on any atom is -0.390 e. The molecule has 0 unspecified atom stereocenters. The molecule has 0 spiro atoms. The second kappa shape index (κ2) is 6.54. The second-order valence-corrected chi connectivity index (χ2v) is 3.21. The summed E-state index contributed by atoms with van der Waals surface area (Å²) in [4.78, 5) is 2.02. The number of benzene rings is 1. The molecule has 0 aliphatic rings. The summed E-state index contributed by atoms with van der Waals surface area (Å²) in [5.41, 5.74) is 1.20. The predicted octanol–water partition coefficient (Wildman–Crippen LogP) is 0.311. The Hall–Kier alpha value is -0.900. The van der Waals surface area contributed by atoms with Crippen molar-refractivity contribution in [1.29, 1.82) is 0 Å². The molecule has 1 radical (unpaired) electrons. The lowest BCUT2D eigenvalue weighted by Gasteiger charge is -2.09. The van der Waals surface area contributed by atoms with Crippen molar-refractivity contribution in [3.63, 3.8) is 0 Å². The van der Waals surface area contributed by atoms with E-state index >= 15 is 0 Å². The molecule has 0 heterocycles. The average molecular weight is 195 g/mol. The Morgan fingerprint density at radius 1 is 0.929 bits per heavy atom. The first-order valence-corrected chi connectivity index (χ1v) is 4.85. The van der Waals surface area contributed by atoms with Gasteiger partial charge in [0.1, 0.15) is 19.6 Å². The third kappa shape index (κ3) is 3.87. The summed E-state index contributed by atoms with van der Waals surface area (Å²) >= 11 is 0. The van der Waals surface area contributed by atoms with Gasteiger partial charge in [-0.3, -0.25) is 0 Å². The maximum absolute atomic E-state index is 8.82. The van der Waals surface area contributed by atoms with E-state index in [-0.39, 0.29) is 13.2 Å². The highest BCUT2D eigenvalue weighted by molar-refractivity contribution is 5.14. The molecular weight excluding hydrogens is 178 g/mol. The zero-order valence-electron chi connectivity index (χ0n) is 8.26. The van der Waals surface area contributed by atoms with Crippen molar-refractivity contribution < 1.29 is 10.2 Å². The van der Waals surface area contributed by atoms with E-state index in [0.29, 0.717) is 13.1 Å². The first kappa shape index (κ1) is 11.2. The zero-order valence-corrected chi connectivity index (χ0v) is 8.26. The quantitative estimate of drug-likeness (QED) is 0.642. The minimum absolute atomic E-state index is 0.132. The van der Waals surface area contributed by atoms with Crippen molar-refractivity contribution in [1.82, 2.24) is 4.90 Å². The molecule has 0 bridgehead atoms. The van der Waals surface area contributed by atoms with E-state index in [4.69, 9.17) is 10.2 Å². The van der Waals surface area contributed by atoms with Gasteiger partial charge in [0, 0.05) is 5.56 Å². The molecule has 77 valence electrons. The van der Waals surface area contributed by atoms with Crippen LogP contribution in [0.25, 0.3) is 0 Å². The lowest BCUT2D eigenvalue weighted by atomic mass is 10.2. The highest BCUT2D eigenvalue weighted by Gasteiger charge is 2.13. The Morgan fingerprint density at radius 3 is 2.00 bits per heavy atom. The maximum Gasteiger partial charge on any atom is 0.148 e. The highest BCUT2D eigenvalue weighted by Crippen LogP contribution is 2.01. The van der Waals surface area contributed by atoms with Gasteiger partial charge in [-0.2, -0.15) is 4.90 Å². The van der Waals surface area contributed by atoms with Crippen LogP contribution in [0.1, 0.15) is 5.56 Å². The minimum atomic E-state index is 0.132. The van der Waals surface area contributed by atoms with Gasteiger partial charge in [-0.25, -0.2) is 0 Å². The van der Waals surface area contributed by atoms with Crippen LogP contribution in [0.4, 0.5) is 0 Å². The van der Waals surface area contributed by atoms with E-state index in [1.165, 1.54) is 5.56 Å². The number of aliphatic hydroxyl groups excluding tert-OH is 2. The van der Waals surface area contributed by atoms with Crippen LogP contribution in [0.15, 0.2) is 30.3 Å². The average Bonchev–Trinajstić information content (AvgIpc) is 2.20. The largest absolute Gasteiger partial charge is 0.390 e. The fourth-order valence-electron chi connectivity index (χ4n) is 1.39. The molecule has 1 aromatic carbocycles. The summed E-state index contributed by atoms with van der Waals surface area (Å²) in [6.45, 7) is 2.26. The number of rotatable bonds is 6. The molecule has 0 amide bonds. The van der Waals surface area contributed by atoms with Gasteiger partial charge < -0.3 is 10.2 Å². The topological polar surface area (TPSA) is 46.4 Å². The fourth-order valence-corrected chi connectivity index (χ4v) is 1.39. The molecular formula is C11H17NO2+. The van der Waals surface area contributed by atoms with E-state index in [9.17, 15) is 0 Å². The molecule has 3 nitrogen and oxygen atoms in total. The molecule has 1 rings (SSSR count). The van der Waals surface area contributed by atoms with Crippen LogP contribution in [-0.2, 0) is 6.54 Å². The van der Waals surface area contributed by atoms with Gasteiger partial charge >= 0.3 is 0 Å². The highest BCUT2D eigenvalue weighted by atomic mass is 16.3. The van der Waals surface area contributed by atoms with E-state index in [1.54, 1.807) is 0 Å². The van der Waals surface area contributed by atoms with Crippen LogP contribution < -0.4 is 4.90 Å². The number of hydrogen-bond acceptors (Lipinski definition) is 3. The van der Waals surface area contributed by atoms with Crippen LogP contribution in [0.5, 0.6) is 0 Å². The third-order valence-corrected chi connectivity index (χ3v) is 2.08. The maximum atomic E-state index is 8.82. The number of hydrogen-bond donors (Lipinski definition) is 2. The molecule has 0 atom stereocenters. The van der Waals surface area contributed by atoms with Crippen LogP contribution in [0, 0.1) is 0 Å². The second-order valence-electron chi connectivity index (χ2n) is 3.21. The van der Waals surface area contributed by atoms with Gasteiger partial charge in [-0.05, 0) is 0 Å². The lowest BCUT2D eigenvalue weighted by Crippen LogP contribution is -2.35. The van der Waals surface area contributed by atoms with Crippen molar-refractivity contribution in [2.45, 2.75) is 6.54 Å². The Balaban J connectivity index is 2.46. The van der Waals surface area contributed by atoms with Gasteiger partial charge in [0.05, 0.1) is 13.2 Å². The van der Waals surface area contributed by atoms with Gasteiger partial charge in [-0.1, -0.05) is 30.3 Å². The Bertz CT molecular complexity index is 232. The van der Waals surface area contributed by atoms with E-state index in [1.807, 2.05) is 35.2 Å². The number of nitrogens with zero attached hydrogens (tertiary/aromatic N) is 1. The molecule has 1 aromatic rings. The summed E-state index contributed by atoms with van der Waals surface area (Å²) in [6, 6.07) is 10.0. The first-order chi connectivity index (χ1) is 6.86. The van der Waals surface area contributed by atoms with E-state index in [2.05, 4.69) is 0 Å². The monoisotopic (exact) mass is 195 g/mol. The number of aliphatic hydroxyl groups is 2. The SMILES string of the molecule is OCC[N+](CCO)Cc1ccccc1. The summed E-state index contributed by atoms with van der Waals surface area (Å²) in [5, 5.41) is 17.6. The van der Waals surface area contributed by atoms with E-state index in [0.717, 1.165) is 6.54 Å². The molecule has 0 aliphatic carbocycles. The Morgan fingerprint density at radius 2 is 1.50 bits per heavy atom.